The van der Waals surface area contributed by atoms with Gasteiger partial charge in [0.05, 0.1) is 18.6 Å². The highest BCUT2D eigenvalue weighted by atomic mass is 32.2. The first-order valence-corrected chi connectivity index (χ1v) is 11.6. The van der Waals surface area contributed by atoms with Gasteiger partial charge in [0.1, 0.15) is 17.5 Å². The van der Waals surface area contributed by atoms with Crippen LogP contribution in [0.25, 0.3) is 0 Å². The van der Waals surface area contributed by atoms with E-state index in [4.69, 9.17) is 9.47 Å². The summed E-state index contributed by atoms with van der Waals surface area (Å²) >= 11 is 0. The van der Waals surface area contributed by atoms with Crippen molar-refractivity contribution in [1.29, 1.82) is 0 Å². The van der Waals surface area contributed by atoms with E-state index >= 15 is 0 Å². The van der Waals surface area contributed by atoms with Crippen LogP contribution in [0.1, 0.15) is 12.5 Å². The quantitative estimate of drug-likeness (QED) is 0.488. The molecule has 2 N–H and O–H groups in total. The third-order valence-electron chi connectivity index (χ3n) is 4.70. The zero-order valence-electron chi connectivity index (χ0n) is 17.9. The zero-order valence-corrected chi connectivity index (χ0v) is 18.8. The molecule has 0 aromatic heterocycles. The highest BCUT2D eigenvalue weighted by Gasteiger charge is 2.26. The number of nitrogens with one attached hydrogen (secondary N) is 2. The van der Waals surface area contributed by atoms with Crippen LogP contribution >= 0.6 is 0 Å². The number of carbonyl (C=O) groups is 1. The first kappa shape index (κ1) is 23.3. The smallest absolute Gasteiger partial charge is 0.242 e. The average molecular weight is 455 g/mol. The summed E-state index contributed by atoms with van der Waals surface area (Å²) in [5, 5.41) is 2.77. The van der Waals surface area contributed by atoms with Crippen LogP contribution in [-0.4, -0.2) is 34.1 Å². The van der Waals surface area contributed by atoms with E-state index in [1.165, 1.54) is 12.1 Å². The van der Waals surface area contributed by atoms with Crippen molar-refractivity contribution < 1.29 is 22.7 Å². The molecule has 0 fully saturated rings. The maximum absolute atomic E-state index is 13.0. The van der Waals surface area contributed by atoms with Gasteiger partial charge in [0.25, 0.3) is 0 Å². The van der Waals surface area contributed by atoms with Crippen molar-refractivity contribution in [2.24, 2.45) is 0 Å². The van der Waals surface area contributed by atoms with Crippen molar-refractivity contribution in [3.63, 3.8) is 0 Å². The van der Waals surface area contributed by atoms with Gasteiger partial charge < -0.3 is 14.8 Å². The summed E-state index contributed by atoms with van der Waals surface area (Å²) in [4.78, 5) is 13.1. The molecule has 32 heavy (non-hydrogen) atoms. The molecule has 7 nitrogen and oxygen atoms in total. The van der Waals surface area contributed by atoms with E-state index in [1.54, 1.807) is 43.5 Å². The molecule has 0 saturated heterocycles. The predicted octanol–water partition coefficient (Wildman–Crippen LogP) is 3.62. The summed E-state index contributed by atoms with van der Waals surface area (Å²) in [6, 6.07) is 21.1. The van der Waals surface area contributed by atoms with Gasteiger partial charge in [0.15, 0.2) is 0 Å². The normalized spacial score (nSPS) is 12.1. The van der Waals surface area contributed by atoms with Crippen LogP contribution in [0.15, 0.2) is 83.8 Å². The van der Waals surface area contributed by atoms with Crippen LogP contribution in [0.3, 0.4) is 0 Å². The fourth-order valence-corrected chi connectivity index (χ4v) is 4.27. The number of rotatable bonds is 10. The minimum atomic E-state index is -3.95. The molecule has 0 heterocycles. The molecule has 0 saturated carbocycles. The summed E-state index contributed by atoms with van der Waals surface area (Å²) in [7, 11) is -2.39. The summed E-state index contributed by atoms with van der Waals surface area (Å²) in [5.74, 6) is 0.762. The number of methoxy groups -OCH3 is 1. The fraction of sp³-hybridized carbons (Fsp3) is 0.208. The number of ether oxygens (including phenoxy) is 2. The summed E-state index contributed by atoms with van der Waals surface area (Å²) in [5.41, 5.74) is 1.37. The van der Waals surface area contributed by atoms with E-state index in [0.717, 1.165) is 5.56 Å². The van der Waals surface area contributed by atoms with Gasteiger partial charge in [-0.15, -0.1) is 0 Å². The van der Waals surface area contributed by atoms with Gasteiger partial charge >= 0.3 is 0 Å². The van der Waals surface area contributed by atoms with Crippen molar-refractivity contribution in [2.75, 3.05) is 19.0 Å². The Morgan fingerprint density at radius 2 is 1.53 bits per heavy atom. The minimum Gasteiger partial charge on any atom is -0.497 e. The van der Waals surface area contributed by atoms with Gasteiger partial charge in [0.2, 0.25) is 15.9 Å². The molecule has 0 bridgehead atoms. The molecule has 0 radical (unpaired) electrons. The maximum Gasteiger partial charge on any atom is 0.242 e. The summed E-state index contributed by atoms with van der Waals surface area (Å²) in [6.07, 6.45) is 0.194. The maximum atomic E-state index is 13.0. The number of hydrogen-bond donors (Lipinski definition) is 2. The molecule has 0 unspecified atom stereocenters. The van der Waals surface area contributed by atoms with Gasteiger partial charge in [-0.2, -0.15) is 4.72 Å². The first-order valence-electron chi connectivity index (χ1n) is 10.2. The molecule has 8 heteroatoms. The van der Waals surface area contributed by atoms with Crippen LogP contribution < -0.4 is 19.5 Å². The zero-order chi connectivity index (χ0) is 23.0. The lowest BCUT2D eigenvalue weighted by Crippen LogP contribution is -2.45. The molecule has 1 atom stereocenters. The van der Waals surface area contributed by atoms with Crippen molar-refractivity contribution in [3.8, 4) is 11.5 Å². The first-order chi connectivity index (χ1) is 15.4. The van der Waals surface area contributed by atoms with E-state index in [0.29, 0.717) is 23.8 Å². The lowest BCUT2D eigenvalue weighted by atomic mass is 10.1. The van der Waals surface area contributed by atoms with Gasteiger partial charge in [-0.05, 0) is 67.4 Å². The molecular formula is C24H26N2O5S. The molecular weight excluding hydrogens is 428 g/mol. The predicted molar refractivity (Wildman–Crippen MR) is 123 cm³/mol. The van der Waals surface area contributed by atoms with Crippen LogP contribution in [0.5, 0.6) is 11.5 Å². The third kappa shape index (κ3) is 6.32. The van der Waals surface area contributed by atoms with E-state index in [9.17, 15) is 13.2 Å². The van der Waals surface area contributed by atoms with Gasteiger partial charge in [-0.1, -0.05) is 30.3 Å². The molecule has 3 rings (SSSR count). The SMILES string of the molecule is CCOc1ccc(S(=O)(=O)N[C@@H](Cc2ccccc2)C(=O)Nc2ccc(OC)cc2)cc1. The monoisotopic (exact) mass is 454 g/mol. The molecule has 1 amide bonds. The number of anilines is 1. The number of sulfonamides is 1. The number of hydrogen-bond acceptors (Lipinski definition) is 5. The second kappa shape index (κ2) is 10.8. The Kier molecular flexibility index (Phi) is 7.86. The van der Waals surface area contributed by atoms with Crippen molar-refractivity contribution in [2.45, 2.75) is 24.3 Å². The Morgan fingerprint density at radius 3 is 2.12 bits per heavy atom. The minimum absolute atomic E-state index is 0.0521. The molecule has 3 aromatic rings. The molecule has 168 valence electrons. The Labute approximate surface area is 188 Å². The highest BCUT2D eigenvalue weighted by molar-refractivity contribution is 7.89. The largest absolute Gasteiger partial charge is 0.497 e. The lowest BCUT2D eigenvalue weighted by molar-refractivity contribution is -0.117. The number of amides is 1. The van der Waals surface area contributed by atoms with E-state index in [-0.39, 0.29) is 11.3 Å². The summed E-state index contributed by atoms with van der Waals surface area (Å²) in [6.45, 7) is 2.33. The molecule has 0 aliphatic rings. The second-order valence-corrected chi connectivity index (χ2v) is 8.70. The highest BCUT2D eigenvalue weighted by Crippen LogP contribution is 2.18. The van der Waals surface area contributed by atoms with Gasteiger partial charge in [-0.25, -0.2) is 8.42 Å². The van der Waals surface area contributed by atoms with Crippen molar-refractivity contribution >= 4 is 21.6 Å². The van der Waals surface area contributed by atoms with Crippen molar-refractivity contribution in [1.82, 2.24) is 4.72 Å². The molecule has 0 aliphatic carbocycles. The van der Waals surface area contributed by atoms with Crippen molar-refractivity contribution in [3.05, 3.63) is 84.4 Å². The van der Waals surface area contributed by atoms with Gasteiger partial charge in [-0.3, -0.25) is 4.79 Å². The van der Waals surface area contributed by atoms with Crippen LogP contribution in [0, 0.1) is 0 Å². The molecule has 0 spiro atoms. The van der Waals surface area contributed by atoms with Gasteiger partial charge in [0, 0.05) is 5.69 Å². The Morgan fingerprint density at radius 1 is 0.906 bits per heavy atom. The lowest BCUT2D eigenvalue weighted by Gasteiger charge is -2.19. The molecule has 3 aromatic carbocycles. The average Bonchev–Trinajstić information content (AvgIpc) is 2.80. The Balaban J connectivity index is 1.81. The third-order valence-corrected chi connectivity index (χ3v) is 6.19. The fourth-order valence-electron chi connectivity index (χ4n) is 3.08. The van der Waals surface area contributed by atoms with E-state index in [1.807, 2.05) is 37.3 Å². The molecule has 0 aliphatic heterocycles. The standard InChI is InChI=1S/C24H26N2O5S/c1-3-31-21-13-15-22(16-14-21)32(28,29)26-23(17-18-7-5-4-6-8-18)24(27)25-19-9-11-20(30-2)12-10-19/h4-16,23,26H,3,17H2,1-2H3,(H,25,27)/t23-/m0/s1. The Hall–Kier alpha value is -3.36. The number of benzene rings is 3. The van der Waals surface area contributed by atoms with Crippen LogP contribution in [-0.2, 0) is 21.2 Å². The summed E-state index contributed by atoms with van der Waals surface area (Å²) < 4.78 is 39.0. The van der Waals surface area contributed by atoms with E-state index < -0.39 is 22.0 Å². The number of carbonyl (C=O) groups excluding carboxylic acids is 1. The Bertz CT molecular complexity index is 1120. The van der Waals surface area contributed by atoms with Crippen LogP contribution in [0.4, 0.5) is 5.69 Å². The second-order valence-electron chi connectivity index (χ2n) is 6.99. The van der Waals surface area contributed by atoms with Crippen LogP contribution in [0.2, 0.25) is 0 Å². The van der Waals surface area contributed by atoms with E-state index in [2.05, 4.69) is 10.0 Å². The topological polar surface area (TPSA) is 93.7 Å².